The zero-order valence-electron chi connectivity index (χ0n) is 8.59. The van der Waals surface area contributed by atoms with Crippen LogP contribution in [0.3, 0.4) is 0 Å². The fourth-order valence-corrected chi connectivity index (χ4v) is 3.03. The highest BCUT2D eigenvalue weighted by molar-refractivity contribution is 7.18. The number of nitrogens with zero attached hydrogens (tertiary/aromatic N) is 1. The van der Waals surface area contributed by atoms with Gasteiger partial charge < -0.3 is 5.73 Å². The minimum Gasteiger partial charge on any atom is -0.330 e. The normalized spacial score (nSPS) is 11.1. The largest absolute Gasteiger partial charge is 0.330 e. The Kier molecular flexibility index (Phi) is 3.24. The highest BCUT2D eigenvalue weighted by Gasteiger charge is 2.07. The molecule has 0 aliphatic carbocycles. The van der Waals surface area contributed by atoms with Gasteiger partial charge in [0.25, 0.3) is 0 Å². The van der Waals surface area contributed by atoms with Gasteiger partial charge in [0.1, 0.15) is 5.52 Å². The molecule has 0 fully saturated rings. The molecule has 0 radical (unpaired) electrons. The first kappa shape index (κ1) is 10.9. The molecule has 15 heavy (non-hydrogen) atoms. The van der Waals surface area contributed by atoms with Gasteiger partial charge in [-0.2, -0.15) is 0 Å². The van der Waals surface area contributed by atoms with E-state index in [2.05, 4.69) is 11.1 Å². The van der Waals surface area contributed by atoms with Crippen molar-refractivity contribution in [3.63, 3.8) is 0 Å². The van der Waals surface area contributed by atoms with Crippen molar-refractivity contribution >= 4 is 33.2 Å². The summed E-state index contributed by atoms with van der Waals surface area (Å²) in [6.07, 6.45) is 1.93. The maximum atomic E-state index is 6.13. The van der Waals surface area contributed by atoms with Gasteiger partial charge in [0.2, 0.25) is 0 Å². The molecule has 80 valence electrons. The van der Waals surface area contributed by atoms with E-state index in [4.69, 9.17) is 17.3 Å². The molecule has 0 aliphatic rings. The first-order valence-corrected chi connectivity index (χ1v) is 6.16. The molecule has 0 saturated heterocycles. The van der Waals surface area contributed by atoms with Gasteiger partial charge in [-0.05, 0) is 37.6 Å². The van der Waals surface area contributed by atoms with E-state index in [1.165, 1.54) is 10.3 Å². The number of hydrogen-bond acceptors (Lipinski definition) is 3. The summed E-state index contributed by atoms with van der Waals surface area (Å²) in [5.41, 5.74) is 7.59. The van der Waals surface area contributed by atoms with Crippen molar-refractivity contribution in [1.82, 2.24) is 4.98 Å². The van der Waals surface area contributed by atoms with Crippen LogP contribution in [0.5, 0.6) is 0 Å². The fourth-order valence-electron chi connectivity index (χ4n) is 1.52. The van der Waals surface area contributed by atoms with Crippen LogP contribution in [0.25, 0.3) is 10.2 Å². The van der Waals surface area contributed by atoms with Crippen LogP contribution in [0.15, 0.2) is 12.1 Å². The second kappa shape index (κ2) is 4.47. The summed E-state index contributed by atoms with van der Waals surface area (Å²) in [6, 6.07) is 4.08. The van der Waals surface area contributed by atoms with Crippen molar-refractivity contribution in [2.75, 3.05) is 6.54 Å². The Bertz CT molecular complexity index is 479. The number of halogens is 1. The average Bonchev–Trinajstić information content (AvgIpc) is 2.57. The lowest BCUT2D eigenvalue weighted by atomic mass is 10.2. The predicted octanol–water partition coefficient (Wildman–Crippen LogP) is 3.15. The molecule has 1 aromatic heterocycles. The zero-order chi connectivity index (χ0) is 10.8. The Morgan fingerprint density at radius 1 is 1.47 bits per heavy atom. The second-order valence-corrected chi connectivity index (χ2v) is 5.12. The third kappa shape index (κ3) is 2.30. The van der Waals surface area contributed by atoms with E-state index in [9.17, 15) is 0 Å². The SMILES string of the molecule is Cc1cc(Cl)c2nc(CCCN)sc2c1. The smallest absolute Gasteiger partial charge is 0.100 e. The van der Waals surface area contributed by atoms with Crippen LogP contribution >= 0.6 is 22.9 Å². The van der Waals surface area contributed by atoms with Crippen molar-refractivity contribution in [3.8, 4) is 0 Å². The number of aromatic nitrogens is 1. The molecule has 0 spiro atoms. The molecule has 1 heterocycles. The molecule has 0 unspecified atom stereocenters. The number of nitrogens with two attached hydrogens (primary N) is 1. The molecular weight excluding hydrogens is 228 g/mol. The molecule has 0 atom stereocenters. The third-order valence-electron chi connectivity index (χ3n) is 2.23. The van der Waals surface area contributed by atoms with Crippen LogP contribution in [-0.2, 0) is 6.42 Å². The lowest BCUT2D eigenvalue weighted by Gasteiger charge is -1.94. The molecule has 2 nitrogen and oxygen atoms in total. The lowest BCUT2D eigenvalue weighted by molar-refractivity contribution is 0.828. The standard InChI is InChI=1S/C11H13ClN2S/c1-7-5-8(12)11-9(6-7)15-10(14-11)3-2-4-13/h5-6H,2-4,13H2,1H3. The second-order valence-electron chi connectivity index (χ2n) is 3.59. The van der Waals surface area contributed by atoms with Crippen molar-refractivity contribution in [3.05, 3.63) is 27.7 Å². The molecule has 2 rings (SSSR count). The van der Waals surface area contributed by atoms with Crippen LogP contribution in [-0.4, -0.2) is 11.5 Å². The minimum atomic E-state index is 0.711. The molecular formula is C11H13ClN2S. The van der Waals surface area contributed by atoms with E-state index < -0.39 is 0 Å². The van der Waals surface area contributed by atoms with Crippen LogP contribution < -0.4 is 5.73 Å². The van der Waals surface area contributed by atoms with E-state index in [-0.39, 0.29) is 0 Å². The van der Waals surface area contributed by atoms with Crippen LogP contribution in [0, 0.1) is 6.92 Å². The van der Waals surface area contributed by atoms with Gasteiger partial charge in [0.15, 0.2) is 0 Å². The zero-order valence-corrected chi connectivity index (χ0v) is 10.2. The summed E-state index contributed by atoms with van der Waals surface area (Å²) in [5, 5.41) is 1.88. The Morgan fingerprint density at radius 2 is 2.27 bits per heavy atom. The minimum absolute atomic E-state index is 0.711. The fraction of sp³-hybridized carbons (Fsp3) is 0.364. The molecule has 2 aromatic rings. The first-order valence-electron chi connectivity index (χ1n) is 4.96. The van der Waals surface area contributed by atoms with Crippen LogP contribution in [0.4, 0.5) is 0 Å². The van der Waals surface area contributed by atoms with Gasteiger partial charge in [-0.1, -0.05) is 11.6 Å². The summed E-state index contributed by atoms with van der Waals surface area (Å²) in [4.78, 5) is 4.52. The molecule has 2 N–H and O–H groups in total. The highest BCUT2D eigenvalue weighted by Crippen LogP contribution is 2.29. The van der Waals surface area contributed by atoms with Gasteiger partial charge in [-0.15, -0.1) is 11.3 Å². The van der Waals surface area contributed by atoms with E-state index in [0.29, 0.717) is 6.54 Å². The van der Waals surface area contributed by atoms with Crippen LogP contribution in [0.2, 0.25) is 5.02 Å². The molecule has 0 amide bonds. The maximum absolute atomic E-state index is 6.13. The van der Waals surface area contributed by atoms with Crippen LogP contribution in [0.1, 0.15) is 17.0 Å². The van der Waals surface area contributed by atoms with E-state index in [1.54, 1.807) is 11.3 Å². The number of rotatable bonds is 3. The van der Waals surface area contributed by atoms with E-state index in [1.807, 2.05) is 13.0 Å². The Labute approximate surface area is 98.1 Å². The van der Waals surface area contributed by atoms with Crippen molar-refractivity contribution in [1.29, 1.82) is 0 Å². The molecule has 1 aromatic carbocycles. The number of fused-ring (bicyclic) bond motifs is 1. The highest BCUT2D eigenvalue weighted by atomic mass is 35.5. The first-order chi connectivity index (χ1) is 7.20. The van der Waals surface area contributed by atoms with E-state index >= 15 is 0 Å². The molecule has 4 heteroatoms. The quantitative estimate of drug-likeness (QED) is 0.895. The molecule has 0 bridgehead atoms. The van der Waals surface area contributed by atoms with Crippen molar-refractivity contribution in [2.24, 2.45) is 5.73 Å². The summed E-state index contributed by atoms with van der Waals surface area (Å²) in [5.74, 6) is 0. The molecule has 0 aliphatic heterocycles. The summed E-state index contributed by atoms with van der Waals surface area (Å²) in [7, 11) is 0. The van der Waals surface area contributed by atoms with Gasteiger partial charge in [0, 0.05) is 6.42 Å². The van der Waals surface area contributed by atoms with Crippen molar-refractivity contribution < 1.29 is 0 Å². The maximum Gasteiger partial charge on any atom is 0.100 e. The van der Waals surface area contributed by atoms with Gasteiger partial charge >= 0.3 is 0 Å². The Morgan fingerprint density at radius 3 is 3.00 bits per heavy atom. The topological polar surface area (TPSA) is 38.9 Å². The Hall–Kier alpha value is -0.640. The number of thiazole rings is 1. The number of benzene rings is 1. The van der Waals surface area contributed by atoms with E-state index in [0.717, 1.165) is 28.4 Å². The van der Waals surface area contributed by atoms with Gasteiger partial charge in [0.05, 0.1) is 14.7 Å². The summed E-state index contributed by atoms with van der Waals surface area (Å²) < 4.78 is 1.17. The number of aryl methyl sites for hydroxylation is 2. The monoisotopic (exact) mass is 240 g/mol. The summed E-state index contributed by atoms with van der Waals surface area (Å²) in [6.45, 7) is 2.76. The summed E-state index contributed by atoms with van der Waals surface area (Å²) >= 11 is 7.84. The van der Waals surface area contributed by atoms with Gasteiger partial charge in [-0.25, -0.2) is 4.98 Å². The predicted molar refractivity (Wildman–Crippen MR) is 66.7 cm³/mol. The number of hydrogen-bond donors (Lipinski definition) is 1. The lowest BCUT2D eigenvalue weighted by Crippen LogP contribution is -1.99. The third-order valence-corrected chi connectivity index (χ3v) is 3.58. The average molecular weight is 241 g/mol. The van der Waals surface area contributed by atoms with Crippen molar-refractivity contribution in [2.45, 2.75) is 19.8 Å². The Balaban J connectivity index is 2.41. The molecule has 0 saturated carbocycles. The van der Waals surface area contributed by atoms with Gasteiger partial charge in [-0.3, -0.25) is 0 Å².